The van der Waals surface area contributed by atoms with Gasteiger partial charge in [0.05, 0.1) is 5.69 Å². The first kappa shape index (κ1) is 24.5. The van der Waals surface area contributed by atoms with E-state index in [0.29, 0.717) is 11.0 Å². The summed E-state index contributed by atoms with van der Waals surface area (Å²) in [5.74, 6) is 0.554. The molecule has 0 bridgehead atoms. The van der Waals surface area contributed by atoms with Crippen LogP contribution in [-0.2, 0) is 4.79 Å². The quantitative estimate of drug-likeness (QED) is 0.248. The van der Waals surface area contributed by atoms with Gasteiger partial charge in [-0.3, -0.25) is 14.3 Å². The SMILES string of the molecule is Cc1ccc(C)c(NC(=O)C(Sc2nnc(-c3cccnc3)n2-c2ccccc2C)c2ccccc2)c1. The summed E-state index contributed by atoms with van der Waals surface area (Å²) in [7, 11) is 0. The molecule has 2 aromatic heterocycles. The molecule has 0 aliphatic heterocycles. The first-order valence-corrected chi connectivity index (χ1v) is 12.9. The highest BCUT2D eigenvalue weighted by molar-refractivity contribution is 8.00. The Morgan fingerprint density at radius 2 is 1.65 bits per heavy atom. The van der Waals surface area contributed by atoms with Gasteiger partial charge in [-0.2, -0.15) is 0 Å². The van der Waals surface area contributed by atoms with Crippen LogP contribution in [0.25, 0.3) is 17.1 Å². The lowest BCUT2D eigenvalue weighted by Crippen LogP contribution is -2.20. The number of nitrogens with one attached hydrogen (secondary N) is 1. The number of pyridine rings is 1. The molecule has 0 aliphatic rings. The van der Waals surface area contributed by atoms with E-state index >= 15 is 0 Å². The fourth-order valence-corrected chi connectivity index (χ4v) is 5.18. The molecular weight excluding hydrogens is 478 g/mol. The second kappa shape index (κ2) is 10.8. The Bertz CT molecular complexity index is 1530. The van der Waals surface area contributed by atoms with E-state index < -0.39 is 5.25 Å². The zero-order valence-corrected chi connectivity index (χ0v) is 21.7. The highest BCUT2D eigenvalue weighted by Crippen LogP contribution is 2.38. The van der Waals surface area contributed by atoms with E-state index in [1.165, 1.54) is 11.8 Å². The molecule has 5 aromatic rings. The van der Waals surface area contributed by atoms with Crippen molar-refractivity contribution >= 4 is 23.4 Å². The van der Waals surface area contributed by atoms with E-state index in [0.717, 1.165) is 39.2 Å². The van der Waals surface area contributed by atoms with Crippen molar-refractivity contribution in [2.45, 2.75) is 31.2 Å². The smallest absolute Gasteiger partial charge is 0.242 e. The third kappa shape index (κ3) is 5.32. The van der Waals surface area contributed by atoms with Crippen LogP contribution in [0.15, 0.2) is 102 Å². The van der Waals surface area contributed by atoms with E-state index in [9.17, 15) is 4.79 Å². The Morgan fingerprint density at radius 3 is 2.41 bits per heavy atom. The number of para-hydroxylation sites is 1. The molecule has 1 unspecified atom stereocenters. The van der Waals surface area contributed by atoms with Gasteiger partial charge >= 0.3 is 0 Å². The van der Waals surface area contributed by atoms with Crippen LogP contribution in [0.1, 0.15) is 27.5 Å². The number of thioether (sulfide) groups is 1. The number of aromatic nitrogens is 4. The van der Waals surface area contributed by atoms with E-state index in [1.807, 2.05) is 97.3 Å². The molecular formula is C30H27N5OS. The molecule has 184 valence electrons. The molecule has 0 aliphatic carbocycles. The van der Waals surface area contributed by atoms with Crippen molar-refractivity contribution in [3.8, 4) is 17.1 Å². The van der Waals surface area contributed by atoms with Crippen LogP contribution in [0.2, 0.25) is 0 Å². The number of amides is 1. The lowest BCUT2D eigenvalue weighted by Gasteiger charge is -2.19. The molecule has 1 amide bonds. The number of anilines is 1. The number of hydrogen-bond acceptors (Lipinski definition) is 5. The Balaban J connectivity index is 1.59. The van der Waals surface area contributed by atoms with Crippen LogP contribution in [0.3, 0.4) is 0 Å². The summed E-state index contributed by atoms with van der Waals surface area (Å²) in [6.45, 7) is 6.07. The molecule has 1 N–H and O–H groups in total. The first-order valence-electron chi connectivity index (χ1n) is 12.0. The predicted molar refractivity (Wildman–Crippen MR) is 149 cm³/mol. The van der Waals surface area contributed by atoms with Crippen LogP contribution >= 0.6 is 11.8 Å². The van der Waals surface area contributed by atoms with Gasteiger partial charge < -0.3 is 5.32 Å². The van der Waals surface area contributed by atoms with Gasteiger partial charge in [-0.05, 0) is 67.3 Å². The van der Waals surface area contributed by atoms with Crippen molar-refractivity contribution in [3.63, 3.8) is 0 Å². The highest BCUT2D eigenvalue weighted by Gasteiger charge is 2.27. The number of nitrogens with zero attached hydrogens (tertiary/aromatic N) is 4. The Labute approximate surface area is 220 Å². The number of carbonyl (C=O) groups is 1. The predicted octanol–water partition coefficient (Wildman–Crippen LogP) is 6.73. The third-order valence-electron chi connectivity index (χ3n) is 6.12. The maximum atomic E-state index is 13.8. The maximum Gasteiger partial charge on any atom is 0.242 e. The molecule has 2 heterocycles. The minimum absolute atomic E-state index is 0.118. The molecule has 1 atom stereocenters. The normalized spacial score (nSPS) is 11.8. The lowest BCUT2D eigenvalue weighted by atomic mass is 10.1. The first-order chi connectivity index (χ1) is 18.0. The zero-order chi connectivity index (χ0) is 25.8. The molecule has 7 heteroatoms. The van der Waals surface area contributed by atoms with E-state index in [-0.39, 0.29) is 5.91 Å². The van der Waals surface area contributed by atoms with Gasteiger partial charge in [0.15, 0.2) is 11.0 Å². The molecule has 37 heavy (non-hydrogen) atoms. The summed E-state index contributed by atoms with van der Waals surface area (Å²) in [4.78, 5) is 18.0. The molecule has 0 saturated carbocycles. The van der Waals surface area contributed by atoms with Crippen LogP contribution in [0.4, 0.5) is 5.69 Å². The van der Waals surface area contributed by atoms with Gasteiger partial charge in [0, 0.05) is 23.6 Å². The van der Waals surface area contributed by atoms with Crippen LogP contribution in [0, 0.1) is 20.8 Å². The van der Waals surface area contributed by atoms with Crippen LogP contribution in [-0.4, -0.2) is 25.7 Å². The fraction of sp³-hybridized carbons (Fsp3) is 0.133. The van der Waals surface area contributed by atoms with Crippen LogP contribution < -0.4 is 5.32 Å². The third-order valence-corrected chi connectivity index (χ3v) is 7.32. The lowest BCUT2D eigenvalue weighted by molar-refractivity contribution is -0.115. The molecule has 0 spiro atoms. The van der Waals surface area contributed by atoms with E-state index in [4.69, 9.17) is 0 Å². The maximum absolute atomic E-state index is 13.8. The van der Waals surface area contributed by atoms with E-state index in [1.54, 1.807) is 12.4 Å². The topological polar surface area (TPSA) is 72.7 Å². The summed E-state index contributed by atoms with van der Waals surface area (Å²) in [6.07, 6.45) is 3.51. The summed E-state index contributed by atoms with van der Waals surface area (Å²) < 4.78 is 2.01. The summed E-state index contributed by atoms with van der Waals surface area (Å²) in [5.41, 5.74) is 6.67. The van der Waals surface area contributed by atoms with Gasteiger partial charge in [-0.15, -0.1) is 10.2 Å². The molecule has 5 rings (SSSR count). The van der Waals surface area contributed by atoms with E-state index in [2.05, 4.69) is 33.5 Å². The highest BCUT2D eigenvalue weighted by atomic mass is 32.2. The number of benzene rings is 3. The van der Waals surface area contributed by atoms with Gasteiger partial charge in [0.25, 0.3) is 0 Å². The van der Waals surface area contributed by atoms with Crippen molar-refractivity contribution in [2.24, 2.45) is 0 Å². The van der Waals surface area contributed by atoms with Crippen molar-refractivity contribution < 1.29 is 4.79 Å². The number of aryl methyl sites for hydroxylation is 3. The number of carbonyl (C=O) groups excluding carboxylic acids is 1. The zero-order valence-electron chi connectivity index (χ0n) is 20.9. The molecule has 3 aromatic carbocycles. The van der Waals surface area contributed by atoms with Crippen LogP contribution in [0.5, 0.6) is 0 Å². The molecule has 0 fully saturated rings. The number of hydrogen-bond donors (Lipinski definition) is 1. The largest absolute Gasteiger partial charge is 0.325 e. The average molecular weight is 506 g/mol. The van der Waals surface area contributed by atoms with Crippen molar-refractivity contribution in [1.29, 1.82) is 0 Å². The van der Waals surface area contributed by atoms with Crippen molar-refractivity contribution in [3.05, 3.63) is 120 Å². The monoisotopic (exact) mass is 505 g/mol. The summed E-state index contributed by atoms with van der Waals surface area (Å²) in [5, 5.41) is 12.3. The molecule has 0 radical (unpaired) electrons. The molecule has 6 nitrogen and oxygen atoms in total. The average Bonchev–Trinajstić information content (AvgIpc) is 3.34. The minimum atomic E-state index is -0.546. The van der Waals surface area contributed by atoms with Gasteiger partial charge in [0.1, 0.15) is 5.25 Å². The minimum Gasteiger partial charge on any atom is -0.325 e. The molecule has 0 saturated heterocycles. The van der Waals surface area contributed by atoms with Gasteiger partial charge in [-0.1, -0.05) is 72.4 Å². The standard InChI is InChI=1S/C30H27N5OS/c1-20-15-16-21(2)25(18-20)32-29(36)27(23-11-5-4-6-12-23)37-30-34-33-28(24-13-9-17-31-19-24)35(30)26-14-8-7-10-22(26)3/h4-19,27H,1-3H3,(H,32,36). The number of rotatable bonds is 7. The van der Waals surface area contributed by atoms with Gasteiger partial charge in [0.2, 0.25) is 5.91 Å². The van der Waals surface area contributed by atoms with Gasteiger partial charge in [-0.25, -0.2) is 0 Å². The fourth-order valence-electron chi connectivity index (χ4n) is 4.13. The second-order valence-electron chi connectivity index (χ2n) is 8.89. The Morgan fingerprint density at radius 1 is 0.865 bits per heavy atom. The van der Waals surface area contributed by atoms with Crippen molar-refractivity contribution in [1.82, 2.24) is 19.7 Å². The summed E-state index contributed by atoms with van der Waals surface area (Å²) >= 11 is 1.38. The second-order valence-corrected chi connectivity index (χ2v) is 9.96. The summed E-state index contributed by atoms with van der Waals surface area (Å²) in [6, 6.07) is 27.8. The Kier molecular flexibility index (Phi) is 7.14. The van der Waals surface area contributed by atoms with Crippen molar-refractivity contribution in [2.75, 3.05) is 5.32 Å². The Hall–Kier alpha value is -4.23.